The molecule has 1 saturated heterocycles. The minimum Gasteiger partial charge on any atom is -0.368 e. The maximum atomic E-state index is 11.3. The molecule has 0 radical (unpaired) electrons. The van der Waals surface area contributed by atoms with Crippen molar-refractivity contribution in [3.8, 4) is 0 Å². The van der Waals surface area contributed by atoms with Gasteiger partial charge in [0.1, 0.15) is 6.61 Å². The maximum absolute atomic E-state index is 11.3. The summed E-state index contributed by atoms with van der Waals surface area (Å²) in [5, 5.41) is 6.11. The van der Waals surface area contributed by atoms with Gasteiger partial charge >= 0.3 is 0 Å². The van der Waals surface area contributed by atoms with Crippen molar-refractivity contribution in [2.24, 2.45) is 0 Å². The van der Waals surface area contributed by atoms with Crippen LogP contribution in [0.3, 0.4) is 0 Å². The molecular formula is C11H22N2O2. The van der Waals surface area contributed by atoms with E-state index in [-0.39, 0.29) is 18.6 Å². The van der Waals surface area contributed by atoms with Crippen molar-refractivity contribution in [1.29, 1.82) is 0 Å². The van der Waals surface area contributed by atoms with Gasteiger partial charge < -0.3 is 15.4 Å². The van der Waals surface area contributed by atoms with Crippen LogP contribution in [-0.4, -0.2) is 38.3 Å². The smallest absolute Gasteiger partial charge is 0.246 e. The second kappa shape index (κ2) is 7.65. The molecule has 0 aromatic rings. The van der Waals surface area contributed by atoms with E-state index in [0.29, 0.717) is 0 Å². The lowest BCUT2D eigenvalue weighted by Crippen LogP contribution is -2.36. The maximum Gasteiger partial charge on any atom is 0.246 e. The Morgan fingerprint density at radius 1 is 1.47 bits per heavy atom. The van der Waals surface area contributed by atoms with E-state index < -0.39 is 0 Å². The Morgan fingerprint density at radius 2 is 2.20 bits per heavy atom. The normalized spacial score (nSPS) is 17.7. The van der Waals surface area contributed by atoms with Crippen molar-refractivity contribution < 1.29 is 9.53 Å². The van der Waals surface area contributed by atoms with Crippen LogP contribution >= 0.6 is 0 Å². The summed E-state index contributed by atoms with van der Waals surface area (Å²) in [5.74, 6) is 0.0157. The highest BCUT2D eigenvalue weighted by atomic mass is 16.5. The molecule has 0 spiro atoms. The van der Waals surface area contributed by atoms with Gasteiger partial charge in [0.25, 0.3) is 0 Å². The fourth-order valence-electron chi connectivity index (χ4n) is 1.61. The number of piperidine rings is 1. The van der Waals surface area contributed by atoms with Crippen LogP contribution in [0.15, 0.2) is 0 Å². The van der Waals surface area contributed by atoms with Crippen LogP contribution in [0.2, 0.25) is 0 Å². The van der Waals surface area contributed by atoms with Crippen molar-refractivity contribution in [2.75, 3.05) is 26.2 Å². The Labute approximate surface area is 91.8 Å². The standard InChI is InChI=1S/C11H22N2O2/c1-2-3-6-13-11(14)9-15-10-4-7-12-8-5-10/h10,12H,2-9H2,1H3,(H,13,14). The number of rotatable bonds is 6. The highest BCUT2D eigenvalue weighted by Crippen LogP contribution is 2.06. The predicted octanol–water partition coefficient (Wildman–Crippen LogP) is 0.671. The number of carbonyl (C=O) groups excluding carboxylic acids is 1. The number of amides is 1. The first-order valence-electron chi connectivity index (χ1n) is 5.92. The molecule has 1 heterocycles. The first-order valence-corrected chi connectivity index (χ1v) is 5.92. The molecule has 0 atom stereocenters. The van der Waals surface area contributed by atoms with E-state index in [9.17, 15) is 4.79 Å². The number of unbranched alkanes of at least 4 members (excludes halogenated alkanes) is 1. The minimum absolute atomic E-state index is 0.0157. The summed E-state index contributed by atoms with van der Waals surface area (Å²) in [6, 6.07) is 0. The number of ether oxygens (including phenoxy) is 1. The van der Waals surface area contributed by atoms with Crippen LogP contribution < -0.4 is 10.6 Å². The van der Waals surface area contributed by atoms with E-state index >= 15 is 0 Å². The lowest BCUT2D eigenvalue weighted by Gasteiger charge is -2.22. The molecule has 1 fully saturated rings. The fraction of sp³-hybridized carbons (Fsp3) is 0.909. The van der Waals surface area contributed by atoms with Crippen LogP contribution in [0.4, 0.5) is 0 Å². The number of carbonyl (C=O) groups is 1. The minimum atomic E-state index is 0.0157. The highest BCUT2D eigenvalue weighted by molar-refractivity contribution is 5.77. The van der Waals surface area contributed by atoms with Gasteiger partial charge in [-0.25, -0.2) is 0 Å². The summed E-state index contributed by atoms with van der Waals surface area (Å²) >= 11 is 0. The van der Waals surface area contributed by atoms with Crippen LogP contribution in [0, 0.1) is 0 Å². The van der Waals surface area contributed by atoms with E-state index in [0.717, 1.165) is 45.3 Å². The van der Waals surface area contributed by atoms with E-state index in [1.165, 1.54) is 0 Å². The highest BCUT2D eigenvalue weighted by Gasteiger charge is 2.14. The van der Waals surface area contributed by atoms with Gasteiger partial charge in [0.05, 0.1) is 6.10 Å². The zero-order valence-corrected chi connectivity index (χ0v) is 9.55. The molecule has 1 aliphatic rings. The Bertz CT molecular complexity index is 179. The Morgan fingerprint density at radius 3 is 2.87 bits per heavy atom. The lowest BCUT2D eigenvalue weighted by molar-refractivity contribution is -0.128. The molecule has 2 N–H and O–H groups in total. The van der Waals surface area contributed by atoms with Gasteiger partial charge in [-0.15, -0.1) is 0 Å². The summed E-state index contributed by atoms with van der Waals surface area (Å²) in [6.45, 7) is 5.10. The molecule has 0 aromatic heterocycles. The molecule has 15 heavy (non-hydrogen) atoms. The molecule has 0 unspecified atom stereocenters. The van der Waals surface area contributed by atoms with Gasteiger partial charge in [-0.05, 0) is 32.4 Å². The molecule has 1 rings (SSSR count). The zero-order chi connectivity index (χ0) is 10.9. The molecule has 1 amide bonds. The Kier molecular flexibility index (Phi) is 6.36. The monoisotopic (exact) mass is 214 g/mol. The van der Waals surface area contributed by atoms with Crippen LogP contribution in [0.1, 0.15) is 32.6 Å². The third kappa shape index (κ3) is 5.74. The summed E-state index contributed by atoms with van der Waals surface area (Å²) in [5.41, 5.74) is 0. The molecule has 0 aromatic carbocycles. The molecular weight excluding hydrogens is 192 g/mol. The van der Waals surface area contributed by atoms with Gasteiger partial charge in [0.15, 0.2) is 0 Å². The Balaban J connectivity index is 2.00. The van der Waals surface area contributed by atoms with Crippen molar-refractivity contribution in [3.05, 3.63) is 0 Å². The van der Waals surface area contributed by atoms with E-state index in [4.69, 9.17) is 4.74 Å². The second-order valence-electron chi connectivity index (χ2n) is 3.96. The molecule has 0 bridgehead atoms. The van der Waals surface area contributed by atoms with Gasteiger partial charge in [-0.1, -0.05) is 13.3 Å². The SMILES string of the molecule is CCCCNC(=O)COC1CCNCC1. The zero-order valence-electron chi connectivity index (χ0n) is 9.55. The van der Waals surface area contributed by atoms with Crippen LogP contribution in [-0.2, 0) is 9.53 Å². The van der Waals surface area contributed by atoms with Crippen molar-refractivity contribution in [1.82, 2.24) is 10.6 Å². The summed E-state index contributed by atoms with van der Waals surface area (Å²) in [4.78, 5) is 11.3. The van der Waals surface area contributed by atoms with Gasteiger partial charge in [-0.3, -0.25) is 4.79 Å². The number of hydrogen-bond acceptors (Lipinski definition) is 3. The van der Waals surface area contributed by atoms with Gasteiger partial charge in [0, 0.05) is 6.54 Å². The quantitative estimate of drug-likeness (QED) is 0.639. The van der Waals surface area contributed by atoms with Gasteiger partial charge in [0.2, 0.25) is 5.91 Å². The number of hydrogen-bond donors (Lipinski definition) is 2. The molecule has 0 aliphatic carbocycles. The van der Waals surface area contributed by atoms with Crippen LogP contribution in [0.25, 0.3) is 0 Å². The van der Waals surface area contributed by atoms with Crippen molar-refractivity contribution in [3.63, 3.8) is 0 Å². The van der Waals surface area contributed by atoms with Crippen molar-refractivity contribution >= 4 is 5.91 Å². The second-order valence-corrected chi connectivity index (χ2v) is 3.96. The predicted molar refractivity (Wildman–Crippen MR) is 59.8 cm³/mol. The van der Waals surface area contributed by atoms with E-state index in [1.54, 1.807) is 0 Å². The number of nitrogens with one attached hydrogen (secondary N) is 2. The molecule has 88 valence electrons. The summed E-state index contributed by atoms with van der Waals surface area (Å²) in [6.07, 6.45) is 4.45. The van der Waals surface area contributed by atoms with Gasteiger partial charge in [-0.2, -0.15) is 0 Å². The van der Waals surface area contributed by atoms with Crippen molar-refractivity contribution in [2.45, 2.75) is 38.7 Å². The molecule has 4 heteroatoms. The average Bonchev–Trinajstić information content (AvgIpc) is 2.28. The first kappa shape index (κ1) is 12.5. The topological polar surface area (TPSA) is 50.4 Å². The Hall–Kier alpha value is -0.610. The molecule has 0 saturated carbocycles. The summed E-state index contributed by atoms with van der Waals surface area (Å²) < 4.78 is 5.52. The largest absolute Gasteiger partial charge is 0.368 e. The lowest BCUT2D eigenvalue weighted by atomic mass is 10.1. The third-order valence-corrected chi connectivity index (χ3v) is 2.59. The summed E-state index contributed by atoms with van der Waals surface area (Å²) in [7, 11) is 0. The molecule has 1 aliphatic heterocycles. The van der Waals surface area contributed by atoms with E-state index in [2.05, 4.69) is 17.6 Å². The third-order valence-electron chi connectivity index (χ3n) is 2.59. The average molecular weight is 214 g/mol. The fourth-order valence-corrected chi connectivity index (χ4v) is 1.61. The molecule has 4 nitrogen and oxygen atoms in total. The first-order chi connectivity index (χ1) is 7.33. The van der Waals surface area contributed by atoms with Crippen LogP contribution in [0.5, 0.6) is 0 Å². The van der Waals surface area contributed by atoms with E-state index in [1.807, 2.05) is 0 Å².